The Morgan fingerprint density at radius 1 is 1.75 bits per heavy atom. The Kier molecular flexibility index (Phi) is 21.3. The van der Waals surface area contributed by atoms with Gasteiger partial charge >= 0.3 is 0 Å². The third-order valence-corrected chi connectivity index (χ3v) is 0.478. The molecular formula is C5H11ClO2. The fourth-order valence-corrected chi connectivity index (χ4v) is 0. The van der Waals surface area contributed by atoms with Gasteiger partial charge < -0.3 is 9.53 Å². The Labute approximate surface area is 54.8 Å². The summed E-state index contributed by atoms with van der Waals surface area (Å²) in [5, 5.41) is 0. The minimum absolute atomic E-state index is 0.111. The quantitative estimate of drug-likeness (QED) is 0.422. The molecule has 0 aromatic heterocycles. The monoisotopic (exact) mass is 138 g/mol. The predicted molar refractivity (Wildman–Crippen MR) is 34.3 cm³/mol. The molecule has 0 aliphatic carbocycles. The van der Waals surface area contributed by atoms with Crippen LogP contribution in [0.3, 0.4) is 0 Å². The highest BCUT2D eigenvalue weighted by molar-refractivity contribution is 6.24. The van der Waals surface area contributed by atoms with Crippen molar-refractivity contribution in [1.29, 1.82) is 0 Å². The maximum Gasteiger partial charge on any atom is 0.134 e. The highest BCUT2D eigenvalue weighted by atomic mass is 35.5. The van der Waals surface area contributed by atoms with Crippen LogP contribution in [0, 0.1) is 0 Å². The molecule has 8 heavy (non-hydrogen) atoms. The Morgan fingerprint density at radius 3 is 2.00 bits per heavy atom. The van der Waals surface area contributed by atoms with Crippen LogP contribution in [0.5, 0.6) is 0 Å². The van der Waals surface area contributed by atoms with Crippen LogP contribution in [0.1, 0.15) is 6.92 Å². The molecule has 0 saturated heterocycles. The molecule has 0 heterocycles. The SMILES string of the molecule is CCOC.O=CCCl. The molecule has 0 aliphatic rings. The highest BCUT2D eigenvalue weighted by Crippen LogP contribution is 1.57. The summed E-state index contributed by atoms with van der Waals surface area (Å²) in [6.07, 6.45) is 0.640. The van der Waals surface area contributed by atoms with Crippen LogP contribution >= 0.6 is 11.6 Å². The van der Waals surface area contributed by atoms with Crippen molar-refractivity contribution in [3.8, 4) is 0 Å². The lowest BCUT2D eigenvalue weighted by Crippen LogP contribution is -1.73. The lowest BCUT2D eigenvalue weighted by Gasteiger charge is -1.76. The van der Waals surface area contributed by atoms with E-state index in [9.17, 15) is 0 Å². The zero-order chi connectivity index (χ0) is 6.83. The van der Waals surface area contributed by atoms with Gasteiger partial charge in [0.1, 0.15) is 6.29 Å². The average Bonchev–Trinajstić information content (AvgIpc) is 1.88. The number of ether oxygens (including phenoxy) is 1. The number of carbonyl (C=O) groups excluding carboxylic acids is 1. The minimum Gasteiger partial charge on any atom is -0.385 e. The maximum atomic E-state index is 9.04. The standard InChI is InChI=1S/C3H8O.C2H3ClO/c1-3-4-2;3-1-2-4/h3H2,1-2H3;2H,1H2. The van der Waals surface area contributed by atoms with E-state index < -0.39 is 0 Å². The molecule has 0 rings (SSSR count). The van der Waals surface area contributed by atoms with Crippen LogP contribution < -0.4 is 0 Å². The van der Waals surface area contributed by atoms with Gasteiger partial charge in [0.05, 0.1) is 5.88 Å². The summed E-state index contributed by atoms with van der Waals surface area (Å²) in [4.78, 5) is 9.04. The fraction of sp³-hybridized carbons (Fsp3) is 0.800. The molecule has 0 N–H and O–H groups in total. The molecule has 0 radical (unpaired) electrons. The first-order valence-corrected chi connectivity index (χ1v) is 2.85. The van der Waals surface area contributed by atoms with E-state index in [0.717, 1.165) is 6.61 Å². The zero-order valence-electron chi connectivity index (χ0n) is 5.19. The summed E-state index contributed by atoms with van der Waals surface area (Å²) in [7, 11) is 1.68. The summed E-state index contributed by atoms with van der Waals surface area (Å²) < 4.78 is 4.54. The van der Waals surface area contributed by atoms with Crippen LogP contribution in [-0.4, -0.2) is 25.9 Å². The molecule has 0 unspecified atom stereocenters. The smallest absolute Gasteiger partial charge is 0.134 e. The molecule has 3 heteroatoms. The van der Waals surface area contributed by atoms with E-state index in [0.29, 0.717) is 6.29 Å². The molecule has 50 valence electrons. The number of hydrogen-bond acceptors (Lipinski definition) is 2. The summed E-state index contributed by atoms with van der Waals surface area (Å²) >= 11 is 4.82. The van der Waals surface area contributed by atoms with E-state index in [1.54, 1.807) is 7.11 Å². The van der Waals surface area contributed by atoms with E-state index in [-0.39, 0.29) is 5.88 Å². The number of halogens is 1. The Bertz CT molecular complexity index is 37.4. The molecule has 0 bridgehead atoms. The number of hydrogen-bond donors (Lipinski definition) is 0. The zero-order valence-corrected chi connectivity index (χ0v) is 5.94. The largest absolute Gasteiger partial charge is 0.385 e. The van der Waals surface area contributed by atoms with Crippen molar-refractivity contribution in [2.24, 2.45) is 0 Å². The first-order valence-electron chi connectivity index (χ1n) is 2.32. The van der Waals surface area contributed by atoms with E-state index in [1.165, 1.54) is 0 Å². The van der Waals surface area contributed by atoms with Gasteiger partial charge in [-0.2, -0.15) is 0 Å². The van der Waals surface area contributed by atoms with E-state index in [4.69, 9.17) is 16.4 Å². The highest BCUT2D eigenvalue weighted by Gasteiger charge is 1.55. The molecule has 0 saturated carbocycles. The number of alkyl halides is 1. The van der Waals surface area contributed by atoms with Gasteiger partial charge in [-0.15, -0.1) is 11.6 Å². The topological polar surface area (TPSA) is 26.3 Å². The van der Waals surface area contributed by atoms with Crippen molar-refractivity contribution in [1.82, 2.24) is 0 Å². The summed E-state index contributed by atoms with van der Waals surface area (Å²) in [6.45, 7) is 2.78. The second-order valence-electron chi connectivity index (χ2n) is 0.898. The molecule has 0 atom stereocenters. The Balaban J connectivity index is 0. The fourth-order valence-electron chi connectivity index (χ4n) is 0. The molecule has 0 aromatic carbocycles. The Hall–Kier alpha value is -0.0800. The lowest BCUT2D eigenvalue weighted by molar-refractivity contribution is -0.105. The minimum atomic E-state index is 0.111. The van der Waals surface area contributed by atoms with Crippen LogP contribution in [-0.2, 0) is 9.53 Å². The van der Waals surface area contributed by atoms with E-state index >= 15 is 0 Å². The van der Waals surface area contributed by atoms with Gasteiger partial charge in [0.25, 0.3) is 0 Å². The van der Waals surface area contributed by atoms with Crippen molar-refractivity contribution < 1.29 is 9.53 Å². The summed E-state index contributed by atoms with van der Waals surface area (Å²) in [5.41, 5.74) is 0. The molecule has 0 spiro atoms. The van der Waals surface area contributed by atoms with Gasteiger partial charge in [-0.1, -0.05) is 0 Å². The number of methoxy groups -OCH3 is 1. The molecule has 0 aromatic rings. The molecule has 0 fully saturated rings. The molecular weight excluding hydrogens is 128 g/mol. The first-order chi connectivity index (χ1) is 3.83. The normalized spacial score (nSPS) is 6.88. The van der Waals surface area contributed by atoms with Gasteiger partial charge in [-0.05, 0) is 6.92 Å². The number of aldehydes is 1. The van der Waals surface area contributed by atoms with Crippen molar-refractivity contribution in [2.45, 2.75) is 6.92 Å². The lowest BCUT2D eigenvalue weighted by atomic mass is 10.9. The molecule has 0 amide bonds. The van der Waals surface area contributed by atoms with E-state index in [2.05, 4.69) is 4.74 Å². The summed E-state index contributed by atoms with van der Waals surface area (Å²) in [5.74, 6) is 0.111. The first kappa shape index (κ1) is 10.8. The van der Waals surface area contributed by atoms with Gasteiger partial charge in [0.15, 0.2) is 0 Å². The average molecular weight is 139 g/mol. The maximum absolute atomic E-state index is 9.04. The van der Waals surface area contributed by atoms with Crippen LogP contribution in [0.2, 0.25) is 0 Å². The van der Waals surface area contributed by atoms with Gasteiger partial charge in [0.2, 0.25) is 0 Å². The molecule has 2 nitrogen and oxygen atoms in total. The second kappa shape index (κ2) is 15.8. The predicted octanol–water partition coefficient (Wildman–Crippen LogP) is 1.08. The van der Waals surface area contributed by atoms with Crippen molar-refractivity contribution >= 4 is 17.9 Å². The van der Waals surface area contributed by atoms with Gasteiger partial charge in [-0.3, -0.25) is 0 Å². The number of rotatable bonds is 2. The van der Waals surface area contributed by atoms with Crippen molar-refractivity contribution in [3.05, 3.63) is 0 Å². The Morgan fingerprint density at radius 2 is 2.00 bits per heavy atom. The van der Waals surface area contributed by atoms with Crippen molar-refractivity contribution in [2.75, 3.05) is 19.6 Å². The number of carbonyl (C=O) groups is 1. The second-order valence-corrected chi connectivity index (χ2v) is 1.21. The summed E-state index contributed by atoms with van der Waals surface area (Å²) in [6, 6.07) is 0. The van der Waals surface area contributed by atoms with E-state index in [1.807, 2.05) is 6.92 Å². The van der Waals surface area contributed by atoms with Gasteiger partial charge in [0, 0.05) is 13.7 Å². The van der Waals surface area contributed by atoms with Crippen molar-refractivity contribution in [3.63, 3.8) is 0 Å². The van der Waals surface area contributed by atoms with Crippen LogP contribution in [0.15, 0.2) is 0 Å². The molecule has 0 aliphatic heterocycles. The van der Waals surface area contributed by atoms with Crippen LogP contribution in [0.25, 0.3) is 0 Å². The third-order valence-electron chi connectivity index (χ3n) is 0.352. The van der Waals surface area contributed by atoms with Gasteiger partial charge in [-0.25, -0.2) is 0 Å². The van der Waals surface area contributed by atoms with Crippen LogP contribution in [0.4, 0.5) is 0 Å². The third kappa shape index (κ3) is 38.9.